The summed E-state index contributed by atoms with van der Waals surface area (Å²) in [6, 6.07) is 1.37. The van der Waals surface area contributed by atoms with Gasteiger partial charge in [-0.05, 0) is 0 Å². The van der Waals surface area contributed by atoms with Crippen LogP contribution in [0.2, 0.25) is 0 Å². The fourth-order valence-corrected chi connectivity index (χ4v) is 1.37. The highest BCUT2D eigenvalue weighted by molar-refractivity contribution is 5.37. The lowest BCUT2D eigenvalue weighted by atomic mass is 10.3. The number of aromatic nitrogens is 4. The van der Waals surface area contributed by atoms with Gasteiger partial charge in [-0.3, -0.25) is 0 Å². The van der Waals surface area contributed by atoms with E-state index in [-0.39, 0.29) is 11.6 Å². The van der Waals surface area contributed by atoms with Gasteiger partial charge in [0.1, 0.15) is 11.6 Å². The van der Waals surface area contributed by atoms with Gasteiger partial charge in [0.2, 0.25) is 0 Å². The van der Waals surface area contributed by atoms with Gasteiger partial charge in [0, 0.05) is 18.7 Å². The zero-order valence-corrected chi connectivity index (χ0v) is 9.44. The van der Waals surface area contributed by atoms with E-state index in [9.17, 15) is 13.2 Å². The van der Waals surface area contributed by atoms with Crippen molar-refractivity contribution in [2.24, 2.45) is 0 Å². The van der Waals surface area contributed by atoms with Crippen LogP contribution in [0, 0.1) is 0 Å². The second kappa shape index (κ2) is 4.28. The molecule has 0 unspecified atom stereocenters. The Hall–Kier alpha value is -2.12. The minimum atomic E-state index is -4.43. The molecule has 0 aromatic carbocycles. The standard InChI is InChI=1S/C10H10F3N5/c1-2-8-16-7(14)3-9(17-8)18-5-6(4-15-18)10(11,12)13/h3-5H,2H2,1H3,(H2,14,16,17). The Morgan fingerprint density at radius 2 is 2.06 bits per heavy atom. The van der Waals surface area contributed by atoms with Crippen molar-refractivity contribution in [1.82, 2.24) is 19.7 Å². The van der Waals surface area contributed by atoms with Gasteiger partial charge < -0.3 is 5.73 Å². The minimum absolute atomic E-state index is 0.195. The third kappa shape index (κ3) is 2.41. The molecule has 2 aromatic heterocycles. The first-order chi connectivity index (χ1) is 8.40. The molecule has 2 N–H and O–H groups in total. The molecule has 0 saturated carbocycles. The van der Waals surface area contributed by atoms with Gasteiger partial charge in [-0.15, -0.1) is 0 Å². The quantitative estimate of drug-likeness (QED) is 0.891. The van der Waals surface area contributed by atoms with Crippen LogP contribution in [0.1, 0.15) is 18.3 Å². The van der Waals surface area contributed by atoms with Crippen LogP contribution >= 0.6 is 0 Å². The van der Waals surface area contributed by atoms with E-state index in [2.05, 4.69) is 15.1 Å². The van der Waals surface area contributed by atoms with Crippen LogP contribution < -0.4 is 5.73 Å². The summed E-state index contributed by atoms with van der Waals surface area (Å²) in [6.07, 6.45) is -2.29. The van der Waals surface area contributed by atoms with Crippen molar-refractivity contribution in [2.75, 3.05) is 5.73 Å². The molecular weight excluding hydrogens is 247 g/mol. The molecule has 0 atom stereocenters. The second-order valence-corrected chi connectivity index (χ2v) is 3.59. The number of anilines is 1. The second-order valence-electron chi connectivity index (χ2n) is 3.59. The third-order valence-electron chi connectivity index (χ3n) is 2.24. The smallest absolute Gasteiger partial charge is 0.384 e. The molecule has 18 heavy (non-hydrogen) atoms. The summed E-state index contributed by atoms with van der Waals surface area (Å²) in [4.78, 5) is 8.00. The summed E-state index contributed by atoms with van der Waals surface area (Å²) >= 11 is 0. The number of aryl methyl sites for hydroxylation is 1. The first kappa shape index (κ1) is 12.3. The van der Waals surface area contributed by atoms with Gasteiger partial charge in [0.05, 0.1) is 11.8 Å². The molecule has 0 fully saturated rings. The molecule has 0 spiro atoms. The molecule has 0 bridgehead atoms. The fourth-order valence-electron chi connectivity index (χ4n) is 1.37. The highest BCUT2D eigenvalue weighted by Gasteiger charge is 2.32. The molecule has 5 nitrogen and oxygen atoms in total. The SMILES string of the molecule is CCc1nc(N)cc(-n2cc(C(F)(F)F)cn2)n1. The van der Waals surface area contributed by atoms with E-state index in [1.54, 1.807) is 0 Å². The summed E-state index contributed by atoms with van der Waals surface area (Å²) in [5, 5.41) is 3.62. The van der Waals surface area contributed by atoms with E-state index in [0.717, 1.165) is 17.1 Å². The predicted molar refractivity (Wildman–Crippen MR) is 57.9 cm³/mol. The number of alkyl halides is 3. The Morgan fingerprint density at radius 1 is 1.33 bits per heavy atom. The van der Waals surface area contributed by atoms with Crippen molar-refractivity contribution < 1.29 is 13.2 Å². The van der Waals surface area contributed by atoms with E-state index in [0.29, 0.717) is 12.2 Å². The van der Waals surface area contributed by atoms with E-state index < -0.39 is 11.7 Å². The predicted octanol–water partition coefficient (Wildman–Crippen LogP) is 1.83. The number of rotatable bonds is 2. The number of nitrogens with two attached hydrogens (primary N) is 1. The molecule has 0 aliphatic rings. The van der Waals surface area contributed by atoms with Crippen LogP contribution in [0.15, 0.2) is 18.5 Å². The molecule has 2 rings (SSSR count). The lowest BCUT2D eigenvalue weighted by Gasteiger charge is -2.04. The Kier molecular flexibility index (Phi) is 2.93. The average Bonchev–Trinajstić information content (AvgIpc) is 2.77. The number of hydrogen-bond donors (Lipinski definition) is 1. The number of hydrogen-bond acceptors (Lipinski definition) is 4. The molecule has 0 saturated heterocycles. The zero-order chi connectivity index (χ0) is 13.3. The van der Waals surface area contributed by atoms with Crippen LogP contribution in [0.4, 0.5) is 19.0 Å². The maximum absolute atomic E-state index is 12.4. The van der Waals surface area contributed by atoms with Gasteiger partial charge in [-0.1, -0.05) is 6.92 Å². The van der Waals surface area contributed by atoms with Crippen LogP contribution in [0.5, 0.6) is 0 Å². The van der Waals surface area contributed by atoms with Gasteiger partial charge in [0.15, 0.2) is 5.82 Å². The highest BCUT2D eigenvalue weighted by atomic mass is 19.4. The highest BCUT2D eigenvalue weighted by Crippen LogP contribution is 2.29. The first-order valence-corrected chi connectivity index (χ1v) is 5.16. The third-order valence-corrected chi connectivity index (χ3v) is 2.24. The average molecular weight is 257 g/mol. The van der Waals surface area contributed by atoms with E-state index in [1.165, 1.54) is 6.07 Å². The number of halogens is 3. The Bertz CT molecular complexity index is 561. The molecular formula is C10H10F3N5. The van der Waals surface area contributed by atoms with Crippen LogP contribution in [0.25, 0.3) is 5.82 Å². The Morgan fingerprint density at radius 3 is 2.61 bits per heavy atom. The lowest BCUT2D eigenvalue weighted by molar-refractivity contribution is -0.137. The lowest BCUT2D eigenvalue weighted by Crippen LogP contribution is -2.06. The molecule has 0 radical (unpaired) electrons. The summed E-state index contributed by atoms with van der Waals surface area (Å²) in [5.74, 6) is 0.866. The van der Waals surface area contributed by atoms with E-state index in [4.69, 9.17) is 5.73 Å². The topological polar surface area (TPSA) is 69.6 Å². The van der Waals surface area contributed by atoms with Gasteiger partial charge in [0.25, 0.3) is 0 Å². The summed E-state index contributed by atoms with van der Waals surface area (Å²) in [7, 11) is 0. The van der Waals surface area contributed by atoms with Crippen molar-refractivity contribution in [1.29, 1.82) is 0 Å². The number of nitrogens with zero attached hydrogens (tertiary/aromatic N) is 4. The normalized spacial score (nSPS) is 11.8. The molecule has 8 heteroatoms. The number of nitrogen functional groups attached to an aromatic ring is 1. The van der Waals surface area contributed by atoms with E-state index in [1.807, 2.05) is 6.92 Å². The monoisotopic (exact) mass is 257 g/mol. The largest absolute Gasteiger partial charge is 0.419 e. The maximum atomic E-state index is 12.4. The van der Waals surface area contributed by atoms with Crippen molar-refractivity contribution in [3.63, 3.8) is 0 Å². The molecule has 0 amide bonds. The Balaban J connectivity index is 2.43. The first-order valence-electron chi connectivity index (χ1n) is 5.16. The van der Waals surface area contributed by atoms with Crippen LogP contribution in [-0.4, -0.2) is 19.7 Å². The van der Waals surface area contributed by atoms with Crippen molar-refractivity contribution >= 4 is 5.82 Å². The van der Waals surface area contributed by atoms with Crippen molar-refractivity contribution in [3.8, 4) is 5.82 Å². The molecule has 0 aliphatic carbocycles. The Labute approximate surface area is 100 Å². The van der Waals surface area contributed by atoms with E-state index >= 15 is 0 Å². The molecule has 2 aromatic rings. The van der Waals surface area contributed by atoms with Gasteiger partial charge in [-0.25, -0.2) is 14.6 Å². The minimum Gasteiger partial charge on any atom is -0.384 e. The van der Waals surface area contributed by atoms with Gasteiger partial charge in [-0.2, -0.15) is 18.3 Å². The van der Waals surface area contributed by atoms with Crippen LogP contribution in [-0.2, 0) is 12.6 Å². The maximum Gasteiger partial charge on any atom is 0.419 e. The van der Waals surface area contributed by atoms with Crippen LogP contribution in [0.3, 0.4) is 0 Å². The van der Waals surface area contributed by atoms with Crippen molar-refractivity contribution in [3.05, 3.63) is 29.8 Å². The van der Waals surface area contributed by atoms with Gasteiger partial charge >= 0.3 is 6.18 Å². The summed E-state index contributed by atoms with van der Waals surface area (Å²) in [6.45, 7) is 1.82. The summed E-state index contributed by atoms with van der Waals surface area (Å²) < 4.78 is 38.3. The fraction of sp³-hybridized carbons (Fsp3) is 0.300. The van der Waals surface area contributed by atoms with Crippen molar-refractivity contribution in [2.45, 2.75) is 19.5 Å². The summed E-state index contributed by atoms with van der Waals surface area (Å²) in [5.41, 5.74) is 4.72. The zero-order valence-electron chi connectivity index (χ0n) is 9.44. The molecule has 0 aliphatic heterocycles. The molecule has 2 heterocycles. The molecule has 96 valence electrons.